The second kappa shape index (κ2) is 5.98. The smallest absolute Gasteiger partial charge is 0.317 e. The summed E-state index contributed by atoms with van der Waals surface area (Å²) in [5.41, 5.74) is 0.862. The van der Waals surface area contributed by atoms with Gasteiger partial charge in [-0.05, 0) is 37.0 Å². The number of hydrogen-bond acceptors (Lipinski definition) is 2. The molecule has 2 N–H and O–H groups in total. The van der Waals surface area contributed by atoms with Gasteiger partial charge in [0.05, 0.1) is 0 Å². The van der Waals surface area contributed by atoms with Crippen molar-refractivity contribution in [1.29, 1.82) is 0 Å². The number of halogens is 1. The molecule has 0 amide bonds. The summed E-state index contributed by atoms with van der Waals surface area (Å²) in [4.78, 5) is 21.2. The number of benzene rings is 1. The molecule has 1 aromatic rings. The van der Waals surface area contributed by atoms with Gasteiger partial charge >= 0.3 is 11.9 Å². The zero-order valence-electron chi connectivity index (χ0n) is 9.10. The fourth-order valence-electron chi connectivity index (χ4n) is 1.51. The molecule has 0 heterocycles. The van der Waals surface area contributed by atoms with Crippen molar-refractivity contribution < 1.29 is 24.2 Å². The van der Waals surface area contributed by atoms with E-state index in [1.165, 1.54) is 12.1 Å². The van der Waals surface area contributed by atoms with Gasteiger partial charge in [0.15, 0.2) is 5.92 Å². The van der Waals surface area contributed by atoms with Gasteiger partial charge in [-0.2, -0.15) is 0 Å². The lowest BCUT2D eigenvalue weighted by Gasteiger charge is -2.06. The van der Waals surface area contributed by atoms with E-state index in [4.69, 9.17) is 10.2 Å². The molecule has 0 bridgehead atoms. The Hall–Kier alpha value is -1.91. The van der Waals surface area contributed by atoms with Crippen LogP contribution in [0.4, 0.5) is 4.39 Å². The molecule has 0 aliphatic heterocycles. The van der Waals surface area contributed by atoms with Crippen LogP contribution >= 0.6 is 0 Å². The second-order valence-corrected chi connectivity index (χ2v) is 3.75. The predicted molar refractivity (Wildman–Crippen MR) is 58.1 cm³/mol. The summed E-state index contributed by atoms with van der Waals surface area (Å²) in [5.74, 6) is -4.34. The average Bonchev–Trinajstić information content (AvgIpc) is 2.25. The zero-order chi connectivity index (χ0) is 12.8. The maximum atomic E-state index is 12.6. The molecule has 4 nitrogen and oxygen atoms in total. The van der Waals surface area contributed by atoms with Crippen LogP contribution in [-0.4, -0.2) is 22.2 Å². The fraction of sp³-hybridized carbons (Fsp3) is 0.333. The van der Waals surface area contributed by atoms with Gasteiger partial charge in [0.2, 0.25) is 0 Å². The largest absolute Gasteiger partial charge is 0.481 e. The lowest BCUT2D eigenvalue weighted by Crippen LogP contribution is -2.23. The molecule has 0 radical (unpaired) electrons. The predicted octanol–water partition coefficient (Wildman–Crippen LogP) is 1.93. The minimum Gasteiger partial charge on any atom is -0.481 e. The molecule has 0 saturated carbocycles. The van der Waals surface area contributed by atoms with Gasteiger partial charge in [-0.25, -0.2) is 4.39 Å². The molecule has 0 fully saturated rings. The van der Waals surface area contributed by atoms with E-state index in [0.29, 0.717) is 12.8 Å². The van der Waals surface area contributed by atoms with Crippen molar-refractivity contribution in [2.24, 2.45) is 5.92 Å². The Morgan fingerprint density at radius 2 is 1.65 bits per heavy atom. The molecule has 5 heteroatoms. The van der Waals surface area contributed by atoms with Crippen LogP contribution in [0.15, 0.2) is 24.3 Å². The van der Waals surface area contributed by atoms with Gasteiger partial charge in [-0.1, -0.05) is 12.1 Å². The van der Waals surface area contributed by atoms with Crippen molar-refractivity contribution in [2.75, 3.05) is 0 Å². The van der Waals surface area contributed by atoms with Crippen molar-refractivity contribution in [3.8, 4) is 0 Å². The van der Waals surface area contributed by atoms with Gasteiger partial charge in [0.1, 0.15) is 5.82 Å². The first kappa shape index (κ1) is 13.2. The molecule has 0 unspecified atom stereocenters. The van der Waals surface area contributed by atoms with Crippen LogP contribution in [0.5, 0.6) is 0 Å². The molecular formula is C12H13FO4. The summed E-state index contributed by atoms with van der Waals surface area (Å²) in [6.45, 7) is 0. The molecule has 0 spiro atoms. The highest BCUT2D eigenvalue weighted by atomic mass is 19.1. The molecule has 1 aromatic carbocycles. The van der Waals surface area contributed by atoms with Crippen LogP contribution in [-0.2, 0) is 16.0 Å². The highest BCUT2D eigenvalue weighted by molar-refractivity contribution is 5.92. The van der Waals surface area contributed by atoms with Gasteiger partial charge in [0.25, 0.3) is 0 Å². The maximum absolute atomic E-state index is 12.6. The van der Waals surface area contributed by atoms with Crippen molar-refractivity contribution in [2.45, 2.75) is 19.3 Å². The minimum atomic E-state index is -1.37. The number of aliphatic carboxylic acids is 2. The second-order valence-electron chi connectivity index (χ2n) is 3.75. The van der Waals surface area contributed by atoms with Gasteiger partial charge in [0, 0.05) is 0 Å². The summed E-state index contributed by atoms with van der Waals surface area (Å²) in [7, 11) is 0. The number of hydrogen-bond donors (Lipinski definition) is 2. The van der Waals surface area contributed by atoms with Gasteiger partial charge in [-0.3, -0.25) is 9.59 Å². The van der Waals surface area contributed by atoms with Crippen molar-refractivity contribution in [3.63, 3.8) is 0 Å². The topological polar surface area (TPSA) is 74.6 Å². The standard InChI is InChI=1S/C12H13FO4/c13-9-6-4-8(5-7-9)2-1-3-10(11(14)15)12(16)17/h4-7,10H,1-3H2,(H,14,15)(H,16,17). The summed E-state index contributed by atoms with van der Waals surface area (Å²) in [6.07, 6.45) is 1.05. The van der Waals surface area contributed by atoms with Gasteiger partial charge < -0.3 is 10.2 Å². The van der Waals surface area contributed by atoms with Crippen LogP contribution in [0, 0.1) is 11.7 Å². The first-order chi connectivity index (χ1) is 8.00. The van der Waals surface area contributed by atoms with Crippen molar-refractivity contribution in [3.05, 3.63) is 35.6 Å². The molecule has 92 valence electrons. The third kappa shape index (κ3) is 4.22. The van der Waals surface area contributed by atoms with Crippen LogP contribution in [0.25, 0.3) is 0 Å². The Kier molecular flexibility index (Phi) is 4.63. The third-order valence-electron chi connectivity index (χ3n) is 2.47. The van der Waals surface area contributed by atoms with E-state index in [1.54, 1.807) is 12.1 Å². The molecule has 0 atom stereocenters. The maximum Gasteiger partial charge on any atom is 0.317 e. The van der Waals surface area contributed by atoms with Gasteiger partial charge in [-0.15, -0.1) is 0 Å². The Morgan fingerprint density at radius 1 is 1.12 bits per heavy atom. The summed E-state index contributed by atoms with van der Waals surface area (Å²) in [6, 6.07) is 5.85. The average molecular weight is 240 g/mol. The Bertz CT molecular complexity index is 385. The first-order valence-electron chi connectivity index (χ1n) is 5.20. The fourth-order valence-corrected chi connectivity index (χ4v) is 1.51. The number of carboxylic acids is 2. The number of carbonyl (C=O) groups is 2. The Morgan fingerprint density at radius 3 is 2.12 bits per heavy atom. The lowest BCUT2D eigenvalue weighted by atomic mass is 10.00. The summed E-state index contributed by atoms with van der Waals surface area (Å²) in [5, 5.41) is 17.3. The monoisotopic (exact) mass is 240 g/mol. The first-order valence-corrected chi connectivity index (χ1v) is 5.20. The van der Waals surface area contributed by atoms with Crippen molar-refractivity contribution >= 4 is 11.9 Å². The van der Waals surface area contributed by atoms with E-state index in [1.807, 2.05) is 0 Å². The van der Waals surface area contributed by atoms with E-state index in [9.17, 15) is 14.0 Å². The van der Waals surface area contributed by atoms with E-state index in [-0.39, 0.29) is 12.2 Å². The molecule has 1 rings (SSSR count). The summed E-state index contributed by atoms with van der Waals surface area (Å²) >= 11 is 0. The van der Waals surface area contributed by atoms with Crippen LogP contribution in [0.3, 0.4) is 0 Å². The third-order valence-corrected chi connectivity index (χ3v) is 2.47. The number of carboxylic acid groups (broad SMARTS) is 2. The molecule has 0 aromatic heterocycles. The number of rotatable bonds is 6. The molecule has 0 aliphatic rings. The van der Waals surface area contributed by atoms with E-state index >= 15 is 0 Å². The van der Waals surface area contributed by atoms with E-state index in [0.717, 1.165) is 5.56 Å². The molecular weight excluding hydrogens is 227 g/mol. The Balaban J connectivity index is 2.43. The summed E-state index contributed by atoms with van der Waals surface area (Å²) < 4.78 is 12.6. The zero-order valence-corrected chi connectivity index (χ0v) is 9.10. The lowest BCUT2D eigenvalue weighted by molar-refractivity contribution is -0.154. The highest BCUT2D eigenvalue weighted by Gasteiger charge is 2.24. The molecule has 0 aliphatic carbocycles. The van der Waals surface area contributed by atoms with Crippen LogP contribution in [0.2, 0.25) is 0 Å². The number of aryl methyl sites for hydroxylation is 1. The van der Waals surface area contributed by atoms with E-state index < -0.39 is 17.9 Å². The normalized spacial score (nSPS) is 10.5. The van der Waals surface area contributed by atoms with Crippen LogP contribution in [0.1, 0.15) is 18.4 Å². The quantitative estimate of drug-likeness (QED) is 0.745. The molecule has 17 heavy (non-hydrogen) atoms. The van der Waals surface area contributed by atoms with E-state index in [2.05, 4.69) is 0 Å². The molecule has 0 saturated heterocycles. The highest BCUT2D eigenvalue weighted by Crippen LogP contribution is 2.12. The van der Waals surface area contributed by atoms with Crippen molar-refractivity contribution in [1.82, 2.24) is 0 Å². The Labute approximate surface area is 97.7 Å². The minimum absolute atomic E-state index is 0.0715. The SMILES string of the molecule is O=C(O)C(CCCc1ccc(F)cc1)C(=O)O. The van der Waals surface area contributed by atoms with Crippen LogP contribution < -0.4 is 0 Å².